The molecule has 0 rings (SSSR count). The maximum Gasteiger partial charge on any atom is 0.306 e. The van der Waals surface area contributed by atoms with Gasteiger partial charge in [-0.2, -0.15) is 0 Å². The first-order chi connectivity index (χ1) is 38.0. The van der Waals surface area contributed by atoms with Crippen molar-refractivity contribution < 1.29 is 28.6 Å². The predicted octanol–water partition coefficient (Wildman–Crippen LogP) is 22.2. The lowest BCUT2D eigenvalue weighted by molar-refractivity contribution is -0.167. The standard InChI is InChI=1S/C71H120O6/c1-4-7-10-13-16-19-22-25-28-31-33-35-37-40-43-46-49-52-55-58-61-64-70(73)76-67-68(66-75-69(72)63-60-57-54-51-48-45-42-39-30-27-24-21-18-15-12-9-6-3)77-71(74)65-62-59-56-53-50-47-44-41-38-36-34-32-29-26-23-20-17-14-11-8-5-2/h7,10,16,18-19,21,23,25-28,30,32-35,38,41,68H,4-6,8-9,11-15,17,20,22,24,29,31,36-37,39-40,42-67H2,1-3H3/b10-7-,19-16-,21-18-,26-23-,28-25-,30-27-,34-32-,35-33-,41-38-. The third kappa shape index (κ3) is 62.8. The van der Waals surface area contributed by atoms with Crippen molar-refractivity contribution in [3.05, 3.63) is 109 Å². The monoisotopic (exact) mass is 1070 g/mol. The number of hydrogen-bond acceptors (Lipinski definition) is 6. The topological polar surface area (TPSA) is 78.9 Å². The molecule has 1 atom stereocenters. The summed E-state index contributed by atoms with van der Waals surface area (Å²) in [7, 11) is 0. The zero-order valence-electron chi connectivity index (χ0n) is 50.4. The largest absolute Gasteiger partial charge is 0.462 e. The fourth-order valence-corrected chi connectivity index (χ4v) is 8.88. The first-order valence-electron chi connectivity index (χ1n) is 32.4. The fourth-order valence-electron chi connectivity index (χ4n) is 8.88. The SMILES string of the molecule is CC/C=C\C/C=C\C/C=C\C/C=C\CCCCCCCCCCC(=O)OCC(COC(=O)CCCCCCCCC/C=C\C/C=C\CCCCC)OC(=O)CCCCCCCC/C=C\C/C=C\C/C=C\CCCCCCC. The van der Waals surface area contributed by atoms with E-state index < -0.39 is 6.10 Å². The number of esters is 3. The third-order valence-corrected chi connectivity index (χ3v) is 13.7. The molecule has 0 heterocycles. The second-order valence-electron chi connectivity index (χ2n) is 21.3. The molecule has 0 saturated heterocycles. The summed E-state index contributed by atoms with van der Waals surface area (Å²) in [6, 6.07) is 0. The van der Waals surface area contributed by atoms with Crippen LogP contribution in [0.1, 0.15) is 303 Å². The molecule has 0 aliphatic rings. The summed E-state index contributed by atoms with van der Waals surface area (Å²) in [6.45, 7) is 6.49. The molecule has 0 amide bonds. The van der Waals surface area contributed by atoms with Crippen molar-refractivity contribution >= 4 is 17.9 Å². The number of hydrogen-bond donors (Lipinski definition) is 0. The second kappa shape index (κ2) is 64.6. The molecule has 0 aromatic carbocycles. The third-order valence-electron chi connectivity index (χ3n) is 13.7. The van der Waals surface area contributed by atoms with Gasteiger partial charge >= 0.3 is 17.9 Å². The Morgan fingerprint density at radius 3 is 0.818 bits per heavy atom. The van der Waals surface area contributed by atoms with E-state index in [1.807, 2.05) is 0 Å². The van der Waals surface area contributed by atoms with Gasteiger partial charge < -0.3 is 14.2 Å². The highest BCUT2D eigenvalue weighted by Crippen LogP contribution is 2.15. The predicted molar refractivity (Wildman–Crippen MR) is 334 cm³/mol. The smallest absolute Gasteiger partial charge is 0.306 e. The van der Waals surface area contributed by atoms with Crippen molar-refractivity contribution in [3.63, 3.8) is 0 Å². The minimum atomic E-state index is -0.796. The van der Waals surface area contributed by atoms with E-state index in [1.54, 1.807) is 0 Å². The number of allylic oxidation sites excluding steroid dienone is 18. The average molecular weight is 1070 g/mol. The normalized spacial score (nSPS) is 12.8. The molecular weight excluding hydrogens is 949 g/mol. The second-order valence-corrected chi connectivity index (χ2v) is 21.3. The van der Waals surface area contributed by atoms with Gasteiger partial charge in [-0.3, -0.25) is 14.4 Å². The van der Waals surface area contributed by atoms with E-state index in [4.69, 9.17) is 14.2 Å². The summed E-state index contributed by atoms with van der Waals surface area (Å²) < 4.78 is 16.9. The Kier molecular flexibility index (Phi) is 61.3. The van der Waals surface area contributed by atoms with Gasteiger partial charge in [0.2, 0.25) is 0 Å². The molecule has 1 unspecified atom stereocenters. The van der Waals surface area contributed by atoms with Gasteiger partial charge in [0.1, 0.15) is 13.2 Å². The van der Waals surface area contributed by atoms with Gasteiger partial charge in [-0.25, -0.2) is 0 Å². The Morgan fingerprint density at radius 1 is 0.273 bits per heavy atom. The molecular formula is C71H120O6. The van der Waals surface area contributed by atoms with Crippen molar-refractivity contribution in [1.82, 2.24) is 0 Å². The van der Waals surface area contributed by atoms with Crippen LogP contribution in [0, 0.1) is 0 Å². The fraction of sp³-hybridized carbons (Fsp3) is 0.704. The molecule has 0 fully saturated rings. The Bertz CT molecular complexity index is 1560. The summed E-state index contributed by atoms with van der Waals surface area (Å²) in [5.74, 6) is -0.911. The van der Waals surface area contributed by atoms with Crippen molar-refractivity contribution in [1.29, 1.82) is 0 Å². The van der Waals surface area contributed by atoms with Crippen molar-refractivity contribution in [2.45, 2.75) is 309 Å². The van der Waals surface area contributed by atoms with Crippen LogP contribution in [0.4, 0.5) is 0 Å². The van der Waals surface area contributed by atoms with Crippen molar-refractivity contribution in [3.8, 4) is 0 Å². The quantitative estimate of drug-likeness (QED) is 0.0261. The minimum absolute atomic E-state index is 0.0909. The lowest BCUT2D eigenvalue weighted by Crippen LogP contribution is -2.30. The van der Waals surface area contributed by atoms with E-state index in [2.05, 4.69) is 130 Å². The average Bonchev–Trinajstić information content (AvgIpc) is 3.43. The van der Waals surface area contributed by atoms with Crippen LogP contribution < -0.4 is 0 Å². The summed E-state index contributed by atoms with van der Waals surface area (Å²) in [5, 5.41) is 0. The number of carbonyl (C=O) groups is 3. The molecule has 0 spiro atoms. The highest BCUT2D eigenvalue weighted by molar-refractivity contribution is 5.71. The van der Waals surface area contributed by atoms with Gasteiger partial charge in [-0.15, -0.1) is 0 Å². The molecule has 6 heteroatoms. The van der Waals surface area contributed by atoms with E-state index in [-0.39, 0.29) is 31.1 Å². The van der Waals surface area contributed by atoms with Gasteiger partial charge in [0, 0.05) is 19.3 Å². The van der Waals surface area contributed by atoms with Crippen molar-refractivity contribution in [2.75, 3.05) is 13.2 Å². The van der Waals surface area contributed by atoms with Crippen LogP contribution in [0.5, 0.6) is 0 Å². The Morgan fingerprint density at radius 2 is 0.506 bits per heavy atom. The lowest BCUT2D eigenvalue weighted by Gasteiger charge is -2.18. The first-order valence-corrected chi connectivity index (χ1v) is 32.4. The van der Waals surface area contributed by atoms with Crippen LogP contribution >= 0.6 is 0 Å². The van der Waals surface area contributed by atoms with Crippen molar-refractivity contribution in [2.24, 2.45) is 0 Å². The van der Waals surface area contributed by atoms with E-state index in [0.29, 0.717) is 19.3 Å². The molecule has 77 heavy (non-hydrogen) atoms. The molecule has 0 aliphatic carbocycles. The highest BCUT2D eigenvalue weighted by atomic mass is 16.6. The van der Waals surface area contributed by atoms with Gasteiger partial charge in [0.05, 0.1) is 0 Å². The van der Waals surface area contributed by atoms with Crippen LogP contribution in [-0.2, 0) is 28.6 Å². The van der Waals surface area contributed by atoms with Gasteiger partial charge in [-0.1, -0.05) is 265 Å². The maximum absolute atomic E-state index is 12.9. The number of ether oxygens (including phenoxy) is 3. The molecule has 440 valence electrons. The van der Waals surface area contributed by atoms with Gasteiger partial charge in [0.25, 0.3) is 0 Å². The zero-order chi connectivity index (χ0) is 55.7. The molecule has 0 aromatic rings. The number of unbranched alkanes of at least 4 members (excludes halogenated alkanes) is 29. The summed E-state index contributed by atoms with van der Waals surface area (Å²) >= 11 is 0. The Balaban J connectivity index is 4.44. The zero-order valence-corrected chi connectivity index (χ0v) is 50.4. The molecule has 0 aromatic heterocycles. The Labute approximate surface area is 476 Å². The summed E-state index contributed by atoms with van der Waals surface area (Å²) in [6.07, 6.45) is 87.9. The van der Waals surface area contributed by atoms with Crippen LogP contribution in [0.2, 0.25) is 0 Å². The van der Waals surface area contributed by atoms with E-state index >= 15 is 0 Å². The molecule has 0 bridgehead atoms. The molecule has 0 saturated carbocycles. The molecule has 0 radical (unpaired) electrons. The number of rotatable bonds is 58. The maximum atomic E-state index is 12.9. The first kappa shape index (κ1) is 73.1. The number of carbonyl (C=O) groups excluding carboxylic acids is 3. The molecule has 0 N–H and O–H groups in total. The summed E-state index contributed by atoms with van der Waals surface area (Å²) in [5.41, 5.74) is 0. The van der Waals surface area contributed by atoms with Crippen LogP contribution in [-0.4, -0.2) is 37.2 Å². The highest BCUT2D eigenvalue weighted by Gasteiger charge is 2.19. The van der Waals surface area contributed by atoms with E-state index in [0.717, 1.165) is 128 Å². The van der Waals surface area contributed by atoms with Gasteiger partial charge in [0.15, 0.2) is 6.10 Å². The van der Waals surface area contributed by atoms with E-state index in [1.165, 1.54) is 135 Å². The molecule has 6 nitrogen and oxygen atoms in total. The summed E-state index contributed by atoms with van der Waals surface area (Å²) in [4.78, 5) is 38.4. The molecule has 0 aliphatic heterocycles. The van der Waals surface area contributed by atoms with E-state index in [9.17, 15) is 14.4 Å². The van der Waals surface area contributed by atoms with Crippen LogP contribution in [0.3, 0.4) is 0 Å². The lowest BCUT2D eigenvalue weighted by atomic mass is 10.1. The van der Waals surface area contributed by atoms with Crippen LogP contribution in [0.15, 0.2) is 109 Å². The Hall–Kier alpha value is -3.93. The minimum Gasteiger partial charge on any atom is -0.462 e. The van der Waals surface area contributed by atoms with Crippen LogP contribution in [0.25, 0.3) is 0 Å². The van der Waals surface area contributed by atoms with Gasteiger partial charge in [-0.05, 0) is 128 Å².